The number of amides is 1. The van der Waals surface area contributed by atoms with Crippen molar-refractivity contribution in [3.63, 3.8) is 0 Å². The van der Waals surface area contributed by atoms with Gasteiger partial charge in [-0.3, -0.25) is 15.1 Å². The molecule has 1 aliphatic heterocycles. The molecule has 0 bridgehead atoms. The fourth-order valence-electron chi connectivity index (χ4n) is 3.97. The van der Waals surface area contributed by atoms with Crippen LogP contribution in [0.1, 0.15) is 50.5 Å². The molecule has 170 valence electrons. The molecule has 4 N–H and O–H groups in total. The van der Waals surface area contributed by atoms with Crippen LogP contribution in [0.25, 0.3) is 0 Å². The lowest BCUT2D eigenvalue weighted by molar-refractivity contribution is -0.120. The second-order valence-corrected chi connectivity index (χ2v) is 8.21. The third kappa shape index (κ3) is 7.95. The standard InChI is InChI=1S/C23H35N5O3/c24-21(31-23(25)26-12-4-5-13-28-14-16-30-17-15-28)18-8-10-20(11-9-18)27-22(29)19-6-2-1-3-7-19/h8-11,19,24H,1-7,12-17H2,(H2,25,26)(H,27,29). The molecule has 31 heavy (non-hydrogen) atoms. The molecule has 1 saturated heterocycles. The number of amidine groups is 1. The highest BCUT2D eigenvalue weighted by atomic mass is 16.5. The van der Waals surface area contributed by atoms with Gasteiger partial charge in [0, 0.05) is 36.8 Å². The average molecular weight is 430 g/mol. The number of hydrogen-bond donors (Lipinski definition) is 3. The summed E-state index contributed by atoms with van der Waals surface area (Å²) in [6.45, 7) is 5.24. The SMILES string of the molecule is N=C(OC(N)=NCCCCN1CCOCC1)c1ccc(NC(=O)C2CCCCC2)cc1. The highest BCUT2D eigenvalue weighted by Gasteiger charge is 2.21. The van der Waals surface area contributed by atoms with Gasteiger partial charge in [0.05, 0.1) is 13.2 Å². The van der Waals surface area contributed by atoms with Gasteiger partial charge in [-0.15, -0.1) is 0 Å². The Bertz CT molecular complexity index is 738. The van der Waals surface area contributed by atoms with Gasteiger partial charge in [0.2, 0.25) is 11.8 Å². The van der Waals surface area contributed by atoms with Crippen molar-refractivity contribution in [2.45, 2.75) is 44.9 Å². The first-order chi connectivity index (χ1) is 15.1. The third-order valence-electron chi connectivity index (χ3n) is 5.85. The van der Waals surface area contributed by atoms with E-state index >= 15 is 0 Å². The number of rotatable bonds is 8. The Morgan fingerprint density at radius 1 is 1.16 bits per heavy atom. The molecule has 1 aromatic rings. The van der Waals surface area contributed by atoms with Gasteiger partial charge in [-0.05, 0) is 56.5 Å². The summed E-state index contributed by atoms with van der Waals surface area (Å²) in [5.41, 5.74) is 7.13. The van der Waals surface area contributed by atoms with Crippen LogP contribution in [0.2, 0.25) is 0 Å². The van der Waals surface area contributed by atoms with Crippen LogP contribution in [0, 0.1) is 11.3 Å². The van der Waals surface area contributed by atoms with E-state index in [1.54, 1.807) is 24.3 Å². The lowest BCUT2D eigenvalue weighted by Crippen LogP contribution is -2.36. The molecule has 0 aromatic heterocycles. The number of carbonyl (C=O) groups excluding carboxylic acids is 1. The second-order valence-electron chi connectivity index (χ2n) is 8.21. The minimum absolute atomic E-state index is 0.00560. The Hall–Kier alpha value is -2.45. The number of nitrogens with two attached hydrogens (primary N) is 1. The van der Waals surface area contributed by atoms with Crippen molar-refractivity contribution in [3.8, 4) is 0 Å². The second kappa shape index (κ2) is 12.4. The number of benzene rings is 1. The Labute approximate surface area is 184 Å². The van der Waals surface area contributed by atoms with Gasteiger partial charge in [0.1, 0.15) is 0 Å². The van der Waals surface area contributed by atoms with Crippen LogP contribution in [-0.2, 0) is 14.3 Å². The minimum atomic E-state index is -0.0558. The van der Waals surface area contributed by atoms with Crippen molar-refractivity contribution >= 4 is 23.5 Å². The molecule has 8 heteroatoms. The van der Waals surface area contributed by atoms with Crippen molar-refractivity contribution in [2.75, 3.05) is 44.7 Å². The lowest BCUT2D eigenvalue weighted by atomic mass is 9.88. The molecule has 0 spiro atoms. The van der Waals surface area contributed by atoms with E-state index in [0.29, 0.717) is 12.1 Å². The molecule has 0 radical (unpaired) electrons. The maximum absolute atomic E-state index is 12.4. The van der Waals surface area contributed by atoms with Crippen LogP contribution in [-0.4, -0.2) is 62.1 Å². The van der Waals surface area contributed by atoms with Gasteiger partial charge in [-0.1, -0.05) is 19.3 Å². The first-order valence-corrected chi connectivity index (χ1v) is 11.4. The van der Waals surface area contributed by atoms with Gasteiger partial charge < -0.3 is 20.5 Å². The predicted molar refractivity (Wildman–Crippen MR) is 123 cm³/mol. The maximum Gasteiger partial charge on any atom is 0.288 e. The smallest absolute Gasteiger partial charge is 0.288 e. The molecule has 1 heterocycles. The number of morpholine rings is 1. The summed E-state index contributed by atoms with van der Waals surface area (Å²) in [6.07, 6.45) is 7.38. The van der Waals surface area contributed by atoms with Crippen LogP contribution in [0.5, 0.6) is 0 Å². The van der Waals surface area contributed by atoms with E-state index in [1.807, 2.05) is 0 Å². The number of anilines is 1. The van der Waals surface area contributed by atoms with Crippen LogP contribution in [0.4, 0.5) is 5.69 Å². The van der Waals surface area contributed by atoms with Crippen molar-refractivity contribution in [2.24, 2.45) is 16.6 Å². The number of ether oxygens (including phenoxy) is 2. The normalized spacial score (nSPS) is 18.5. The van der Waals surface area contributed by atoms with E-state index in [-0.39, 0.29) is 23.7 Å². The zero-order valence-electron chi connectivity index (χ0n) is 18.3. The van der Waals surface area contributed by atoms with Crippen LogP contribution < -0.4 is 11.1 Å². The molecule has 3 rings (SSSR count). The number of nitrogens with one attached hydrogen (secondary N) is 2. The maximum atomic E-state index is 12.4. The summed E-state index contributed by atoms with van der Waals surface area (Å²) < 4.78 is 10.7. The fraction of sp³-hybridized carbons (Fsp3) is 0.609. The quantitative estimate of drug-likeness (QED) is 0.334. The molecule has 1 amide bonds. The summed E-state index contributed by atoms with van der Waals surface area (Å²) >= 11 is 0. The van der Waals surface area contributed by atoms with Gasteiger partial charge in [-0.2, -0.15) is 0 Å². The zero-order chi connectivity index (χ0) is 21.9. The van der Waals surface area contributed by atoms with Crippen LogP contribution in [0.3, 0.4) is 0 Å². The first kappa shape index (κ1) is 23.2. The fourth-order valence-corrected chi connectivity index (χ4v) is 3.97. The van der Waals surface area contributed by atoms with Gasteiger partial charge >= 0.3 is 0 Å². The predicted octanol–water partition coefficient (Wildman–Crippen LogP) is 2.97. The van der Waals surface area contributed by atoms with Gasteiger partial charge in [-0.25, -0.2) is 4.99 Å². The molecule has 1 aromatic carbocycles. The molecule has 8 nitrogen and oxygen atoms in total. The first-order valence-electron chi connectivity index (χ1n) is 11.4. The van der Waals surface area contributed by atoms with E-state index in [0.717, 1.165) is 77.1 Å². The summed E-state index contributed by atoms with van der Waals surface area (Å²) in [5.74, 6) is 0.142. The zero-order valence-corrected chi connectivity index (χ0v) is 18.3. The van der Waals surface area contributed by atoms with E-state index in [1.165, 1.54) is 6.42 Å². The summed E-state index contributed by atoms with van der Waals surface area (Å²) in [7, 11) is 0. The van der Waals surface area contributed by atoms with Crippen molar-refractivity contribution in [1.29, 1.82) is 5.41 Å². The van der Waals surface area contributed by atoms with Crippen LogP contribution in [0.15, 0.2) is 29.3 Å². The van der Waals surface area contributed by atoms with Crippen LogP contribution >= 0.6 is 0 Å². The Morgan fingerprint density at radius 3 is 2.58 bits per heavy atom. The molecule has 2 fully saturated rings. The number of unbranched alkanes of at least 4 members (excludes halogenated alkanes) is 1. The van der Waals surface area contributed by atoms with E-state index in [2.05, 4.69) is 15.2 Å². The van der Waals surface area contributed by atoms with Crippen molar-refractivity contribution in [1.82, 2.24) is 4.90 Å². The Balaban J connectivity index is 1.36. The average Bonchev–Trinajstić information content (AvgIpc) is 2.80. The lowest BCUT2D eigenvalue weighted by Gasteiger charge is -2.26. The van der Waals surface area contributed by atoms with Gasteiger partial charge in [0.15, 0.2) is 0 Å². The van der Waals surface area contributed by atoms with E-state index in [4.69, 9.17) is 20.6 Å². The molecule has 2 aliphatic rings. The monoisotopic (exact) mass is 429 g/mol. The highest BCUT2D eigenvalue weighted by molar-refractivity contribution is 5.99. The molecule has 0 unspecified atom stereocenters. The number of aliphatic imine (C=N–C) groups is 1. The number of carbonyl (C=O) groups is 1. The summed E-state index contributed by atoms with van der Waals surface area (Å²) in [5, 5.41) is 11.1. The molecular weight excluding hydrogens is 394 g/mol. The topological polar surface area (TPSA) is 113 Å². The Kier molecular flexibility index (Phi) is 9.30. The molecule has 1 saturated carbocycles. The number of hydrogen-bond acceptors (Lipinski definition) is 6. The Morgan fingerprint density at radius 2 is 1.87 bits per heavy atom. The van der Waals surface area contributed by atoms with Crippen molar-refractivity contribution in [3.05, 3.63) is 29.8 Å². The molecular formula is C23H35N5O3. The summed E-state index contributed by atoms with van der Waals surface area (Å²) in [4.78, 5) is 19.0. The minimum Gasteiger partial charge on any atom is -0.407 e. The largest absolute Gasteiger partial charge is 0.407 e. The number of nitrogens with zero attached hydrogens (tertiary/aromatic N) is 2. The molecule has 0 atom stereocenters. The van der Waals surface area contributed by atoms with E-state index in [9.17, 15) is 4.79 Å². The third-order valence-corrected chi connectivity index (χ3v) is 5.85. The van der Waals surface area contributed by atoms with Crippen molar-refractivity contribution < 1.29 is 14.3 Å². The van der Waals surface area contributed by atoms with E-state index < -0.39 is 0 Å². The molecule has 1 aliphatic carbocycles. The highest BCUT2D eigenvalue weighted by Crippen LogP contribution is 2.25. The summed E-state index contributed by atoms with van der Waals surface area (Å²) in [6, 6.07) is 7.06. The van der Waals surface area contributed by atoms with Gasteiger partial charge in [0.25, 0.3) is 6.02 Å².